The van der Waals surface area contributed by atoms with Gasteiger partial charge in [0, 0.05) is 17.2 Å². The van der Waals surface area contributed by atoms with Gasteiger partial charge in [-0.25, -0.2) is 21.6 Å². The van der Waals surface area contributed by atoms with Crippen molar-refractivity contribution in [2.45, 2.75) is 11.4 Å². The van der Waals surface area contributed by atoms with Crippen molar-refractivity contribution in [1.82, 2.24) is 4.72 Å². The van der Waals surface area contributed by atoms with E-state index in [1.165, 1.54) is 24.3 Å². The predicted octanol–water partition coefficient (Wildman–Crippen LogP) is 0.663. The molecule has 0 saturated carbocycles. The quantitative estimate of drug-likeness (QED) is 0.824. The first-order chi connectivity index (χ1) is 7.18. The van der Waals surface area contributed by atoms with Crippen LogP contribution in [0.3, 0.4) is 0 Å². The molecule has 0 bridgehead atoms. The van der Waals surface area contributed by atoms with Gasteiger partial charge in [0.1, 0.15) is 0 Å². The van der Waals surface area contributed by atoms with Crippen LogP contribution in [-0.4, -0.2) is 23.1 Å². The number of benzene rings is 1. The Hall–Kier alpha value is -0.630. The summed E-state index contributed by atoms with van der Waals surface area (Å²) in [5.74, 6) is 0. The highest BCUT2D eigenvalue weighted by Crippen LogP contribution is 2.15. The van der Waals surface area contributed by atoms with Gasteiger partial charge in [-0.3, -0.25) is 0 Å². The third kappa shape index (κ3) is 4.48. The van der Waals surface area contributed by atoms with Gasteiger partial charge in [0.15, 0.2) is 0 Å². The lowest BCUT2D eigenvalue weighted by atomic mass is 10.2. The van der Waals surface area contributed by atoms with Crippen molar-refractivity contribution in [2.75, 3.05) is 6.26 Å². The maximum atomic E-state index is 10.9. The van der Waals surface area contributed by atoms with E-state index in [4.69, 9.17) is 10.7 Å². The van der Waals surface area contributed by atoms with Crippen LogP contribution in [0.2, 0.25) is 0 Å². The Labute approximate surface area is 98.9 Å². The second kappa shape index (κ2) is 4.70. The summed E-state index contributed by atoms with van der Waals surface area (Å²) < 4.78 is 45.7. The Balaban J connectivity index is 2.81. The van der Waals surface area contributed by atoms with Gasteiger partial charge >= 0.3 is 0 Å². The van der Waals surface area contributed by atoms with Gasteiger partial charge in [-0.05, 0) is 17.7 Å². The summed E-state index contributed by atoms with van der Waals surface area (Å²) in [7, 11) is -1.86. The summed E-state index contributed by atoms with van der Waals surface area (Å²) >= 11 is 0. The third-order valence-corrected chi connectivity index (χ3v) is 3.78. The molecule has 0 spiro atoms. The molecule has 0 unspecified atom stereocenters. The summed E-state index contributed by atoms with van der Waals surface area (Å²) in [6, 6.07) is 5.63. The molecule has 0 atom stereocenters. The smallest absolute Gasteiger partial charge is 0.213 e. The van der Waals surface area contributed by atoms with Crippen LogP contribution >= 0.6 is 10.7 Å². The van der Waals surface area contributed by atoms with E-state index in [0.29, 0.717) is 5.56 Å². The summed E-state index contributed by atoms with van der Waals surface area (Å²) in [5, 5.41) is 0. The van der Waals surface area contributed by atoms with Gasteiger partial charge in [0.05, 0.1) is 11.2 Å². The highest BCUT2D eigenvalue weighted by atomic mass is 35.7. The van der Waals surface area contributed by atoms with Crippen molar-refractivity contribution in [3.8, 4) is 0 Å². The third-order valence-electron chi connectivity index (χ3n) is 1.74. The molecular weight excluding hydrogens is 274 g/mol. The van der Waals surface area contributed by atoms with E-state index >= 15 is 0 Å². The Morgan fingerprint density at radius 3 is 2.00 bits per heavy atom. The molecule has 16 heavy (non-hydrogen) atoms. The van der Waals surface area contributed by atoms with E-state index in [1.807, 2.05) is 0 Å². The fourth-order valence-electron chi connectivity index (χ4n) is 0.984. The largest absolute Gasteiger partial charge is 0.261 e. The van der Waals surface area contributed by atoms with Gasteiger partial charge in [-0.15, -0.1) is 0 Å². The molecule has 0 aliphatic heterocycles. The minimum absolute atomic E-state index is 0.0164. The standard InChI is InChI=1S/C8H10ClNO4S2/c1-15(11,12)10-6-7-2-4-8(5-3-7)16(9,13)14/h2-5,10H,6H2,1H3. The molecule has 0 aliphatic carbocycles. The van der Waals surface area contributed by atoms with Crippen LogP contribution in [0.15, 0.2) is 29.2 Å². The van der Waals surface area contributed by atoms with Gasteiger partial charge in [0.25, 0.3) is 9.05 Å². The maximum absolute atomic E-state index is 10.9. The number of halogens is 1. The van der Waals surface area contributed by atoms with Gasteiger partial charge in [-0.1, -0.05) is 12.1 Å². The molecule has 90 valence electrons. The fourth-order valence-corrected chi connectivity index (χ4v) is 2.18. The van der Waals surface area contributed by atoms with Crippen molar-refractivity contribution < 1.29 is 16.8 Å². The summed E-state index contributed by atoms with van der Waals surface area (Å²) in [4.78, 5) is -0.0164. The lowest BCUT2D eigenvalue weighted by Crippen LogP contribution is -2.21. The number of hydrogen-bond acceptors (Lipinski definition) is 4. The minimum atomic E-state index is -3.73. The van der Waals surface area contributed by atoms with Crippen molar-refractivity contribution >= 4 is 29.8 Å². The molecule has 1 N–H and O–H groups in total. The van der Waals surface area contributed by atoms with E-state index in [0.717, 1.165) is 6.26 Å². The second-order valence-electron chi connectivity index (χ2n) is 3.18. The van der Waals surface area contributed by atoms with Crippen molar-refractivity contribution in [3.05, 3.63) is 29.8 Å². The number of hydrogen-bond donors (Lipinski definition) is 1. The maximum Gasteiger partial charge on any atom is 0.261 e. The second-order valence-corrected chi connectivity index (χ2v) is 7.57. The molecule has 8 heteroatoms. The molecule has 5 nitrogen and oxygen atoms in total. The first-order valence-corrected chi connectivity index (χ1v) is 8.37. The Morgan fingerprint density at radius 1 is 1.12 bits per heavy atom. The van der Waals surface area contributed by atoms with E-state index in [9.17, 15) is 16.8 Å². The van der Waals surface area contributed by atoms with Gasteiger partial charge < -0.3 is 0 Å². The Morgan fingerprint density at radius 2 is 1.62 bits per heavy atom. The average Bonchev–Trinajstić information content (AvgIpc) is 2.13. The predicted molar refractivity (Wildman–Crippen MR) is 61.2 cm³/mol. The molecule has 0 aliphatic rings. The first kappa shape index (κ1) is 13.4. The molecule has 0 saturated heterocycles. The van der Waals surface area contributed by atoms with Crippen LogP contribution in [-0.2, 0) is 25.6 Å². The zero-order valence-corrected chi connectivity index (χ0v) is 10.7. The van der Waals surface area contributed by atoms with Crippen molar-refractivity contribution in [2.24, 2.45) is 0 Å². The van der Waals surface area contributed by atoms with Gasteiger partial charge in [-0.2, -0.15) is 0 Å². The number of sulfonamides is 1. The molecule has 1 aromatic rings. The normalized spacial score (nSPS) is 12.6. The minimum Gasteiger partial charge on any atom is -0.213 e. The molecule has 1 aromatic carbocycles. The number of rotatable bonds is 4. The van der Waals surface area contributed by atoms with E-state index < -0.39 is 19.1 Å². The van der Waals surface area contributed by atoms with Crippen LogP contribution in [0.4, 0.5) is 0 Å². The topological polar surface area (TPSA) is 80.3 Å². The van der Waals surface area contributed by atoms with E-state index in [-0.39, 0.29) is 11.4 Å². The summed E-state index contributed by atoms with van der Waals surface area (Å²) in [6.45, 7) is 0.113. The van der Waals surface area contributed by atoms with Crippen LogP contribution in [0.5, 0.6) is 0 Å². The molecule has 0 fully saturated rings. The Kier molecular flexibility index (Phi) is 3.95. The molecule has 0 radical (unpaired) electrons. The molecule has 1 rings (SSSR count). The first-order valence-electron chi connectivity index (χ1n) is 4.17. The van der Waals surface area contributed by atoms with Crippen LogP contribution < -0.4 is 4.72 Å². The van der Waals surface area contributed by atoms with Gasteiger partial charge in [0.2, 0.25) is 10.0 Å². The fraction of sp³-hybridized carbons (Fsp3) is 0.250. The summed E-state index contributed by atoms with van der Waals surface area (Å²) in [6.07, 6.45) is 1.05. The van der Waals surface area contributed by atoms with E-state index in [1.54, 1.807) is 0 Å². The Bertz CT molecular complexity index is 563. The van der Waals surface area contributed by atoms with Crippen LogP contribution in [0.25, 0.3) is 0 Å². The highest BCUT2D eigenvalue weighted by molar-refractivity contribution is 8.13. The van der Waals surface area contributed by atoms with Crippen LogP contribution in [0.1, 0.15) is 5.56 Å². The molecule has 0 amide bonds. The highest BCUT2D eigenvalue weighted by Gasteiger charge is 2.09. The number of nitrogens with one attached hydrogen (secondary N) is 1. The average molecular weight is 284 g/mol. The van der Waals surface area contributed by atoms with Crippen molar-refractivity contribution in [3.63, 3.8) is 0 Å². The zero-order valence-electron chi connectivity index (χ0n) is 8.34. The lowest BCUT2D eigenvalue weighted by molar-refractivity contribution is 0.587. The lowest BCUT2D eigenvalue weighted by Gasteiger charge is -2.03. The molecular formula is C8H10ClNO4S2. The van der Waals surface area contributed by atoms with E-state index in [2.05, 4.69) is 4.72 Å². The SMILES string of the molecule is CS(=O)(=O)NCc1ccc(S(=O)(=O)Cl)cc1. The monoisotopic (exact) mass is 283 g/mol. The zero-order chi connectivity index (χ0) is 12.4. The summed E-state index contributed by atoms with van der Waals surface area (Å²) in [5.41, 5.74) is 0.648. The van der Waals surface area contributed by atoms with Crippen LogP contribution in [0, 0.1) is 0 Å². The molecule has 0 heterocycles. The molecule has 0 aromatic heterocycles. The van der Waals surface area contributed by atoms with Crippen molar-refractivity contribution in [1.29, 1.82) is 0 Å².